The minimum atomic E-state index is 0.750. The molecule has 1 unspecified atom stereocenters. The van der Waals surface area contributed by atoms with E-state index in [4.69, 9.17) is 0 Å². The number of nitrogens with one attached hydrogen (secondary N) is 1. The Morgan fingerprint density at radius 2 is 1.50 bits per heavy atom. The van der Waals surface area contributed by atoms with Gasteiger partial charge in [-0.1, -0.05) is 40.5 Å². The topological polar surface area (TPSA) is 12.0 Å². The van der Waals surface area contributed by atoms with Gasteiger partial charge in [-0.15, -0.1) is 0 Å². The Kier molecular flexibility index (Phi) is 7.58. The van der Waals surface area contributed by atoms with E-state index in [0.29, 0.717) is 0 Å². The molecule has 0 aliphatic carbocycles. The second-order valence-corrected chi connectivity index (χ2v) is 3.55. The number of hydrogen-bond acceptors (Lipinski definition) is 1. The van der Waals surface area contributed by atoms with Crippen LogP contribution in [-0.2, 0) is 0 Å². The third-order valence-corrected chi connectivity index (χ3v) is 2.71. The normalized spacial score (nSPS) is 13.8. The predicted molar refractivity (Wildman–Crippen MR) is 56.4 cm³/mol. The fraction of sp³-hybridized carbons (Fsp3) is 1.00. The average Bonchev–Trinajstić information content (AvgIpc) is 2.12. The molecular formula is C11H25N. The van der Waals surface area contributed by atoms with E-state index in [0.717, 1.165) is 12.0 Å². The van der Waals surface area contributed by atoms with Crippen molar-refractivity contribution in [2.45, 2.75) is 59.4 Å². The quantitative estimate of drug-likeness (QED) is 0.620. The molecule has 74 valence electrons. The first-order valence-electron chi connectivity index (χ1n) is 5.53. The van der Waals surface area contributed by atoms with Gasteiger partial charge in [0.15, 0.2) is 0 Å². The van der Waals surface area contributed by atoms with Crippen LogP contribution in [0.25, 0.3) is 0 Å². The van der Waals surface area contributed by atoms with Crippen LogP contribution >= 0.6 is 0 Å². The summed E-state index contributed by atoms with van der Waals surface area (Å²) >= 11 is 0. The van der Waals surface area contributed by atoms with Gasteiger partial charge in [0, 0.05) is 6.04 Å². The highest BCUT2D eigenvalue weighted by Crippen LogP contribution is 2.15. The Balaban J connectivity index is 3.75. The highest BCUT2D eigenvalue weighted by atomic mass is 14.9. The molecule has 0 aliphatic rings. The average molecular weight is 171 g/mol. The van der Waals surface area contributed by atoms with Crippen LogP contribution in [0.5, 0.6) is 0 Å². The predicted octanol–water partition coefficient (Wildman–Crippen LogP) is 3.20. The number of hydrogen-bond donors (Lipinski definition) is 1. The minimum Gasteiger partial charge on any atom is -0.314 e. The molecule has 1 heteroatoms. The van der Waals surface area contributed by atoms with Crippen molar-refractivity contribution >= 4 is 0 Å². The van der Waals surface area contributed by atoms with E-state index in [-0.39, 0.29) is 0 Å². The van der Waals surface area contributed by atoms with Crippen LogP contribution < -0.4 is 5.32 Å². The van der Waals surface area contributed by atoms with Crippen molar-refractivity contribution in [3.63, 3.8) is 0 Å². The molecule has 0 heterocycles. The summed E-state index contributed by atoms with van der Waals surface area (Å²) in [7, 11) is 0. The van der Waals surface area contributed by atoms with Gasteiger partial charge in [0.25, 0.3) is 0 Å². The summed E-state index contributed by atoms with van der Waals surface area (Å²) < 4.78 is 0. The maximum Gasteiger partial charge on any atom is 0.00924 e. The van der Waals surface area contributed by atoms with Gasteiger partial charge in [-0.25, -0.2) is 0 Å². The van der Waals surface area contributed by atoms with Gasteiger partial charge < -0.3 is 5.32 Å². The molecule has 0 aromatic rings. The Morgan fingerprint density at radius 1 is 0.917 bits per heavy atom. The van der Waals surface area contributed by atoms with Gasteiger partial charge in [-0.2, -0.15) is 0 Å². The molecule has 1 atom stereocenters. The summed E-state index contributed by atoms with van der Waals surface area (Å²) in [4.78, 5) is 0. The van der Waals surface area contributed by atoms with Crippen molar-refractivity contribution in [1.82, 2.24) is 5.32 Å². The maximum atomic E-state index is 3.62. The molecule has 0 aliphatic heterocycles. The van der Waals surface area contributed by atoms with E-state index in [2.05, 4.69) is 33.0 Å². The smallest absolute Gasteiger partial charge is 0.00924 e. The van der Waals surface area contributed by atoms with E-state index in [1.54, 1.807) is 0 Å². The molecule has 0 radical (unpaired) electrons. The molecule has 0 rings (SSSR count). The van der Waals surface area contributed by atoms with Crippen molar-refractivity contribution < 1.29 is 0 Å². The fourth-order valence-corrected chi connectivity index (χ4v) is 1.83. The molecule has 0 saturated heterocycles. The second-order valence-electron chi connectivity index (χ2n) is 3.55. The van der Waals surface area contributed by atoms with E-state index in [9.17, 15) is 0 Å². The largest absolute Gasteiger partial charge is 0.314 e. The first-order chi connectivity index (χ1) is 5.79. The van der Waals surface area contributed by atoms with Crippen molar-refractivity contribution in [2.24, 2.45) is 5.92 Å². The molecule has 1 nitrogen and oxygen atoms in total. The van der Waals surface area contributed by atoms with E-state index < -0.39 is 0 Å². The summed E-state index contributed by atoms with van der Waals surface area (Å²) in [6.45, 7) is 10.3. The lowest BCUT2D eigenvalue weighted by atomic mass is 9.92. The van der Waals surface area contributed by atoms with Crippen molar-refractivity contribution in [1.29, 1.82) is 0 Å². The summed E-state index contributed by atoms with van der Waals surface area (Å²) in [6, 6.07) is 0.750. The molecule has 0 aromatic heterocycles. The van der Waals surface area contributed by atoms with E-state index in [1.165, 1.54) is 32.2 Å². The zero-order chi connectivity index (χ0) is 9.40. The zero-order valence-electron chi connectivity index (χ0n) is 9.19. The lowest BCUT2D eigenvalue weighted by Gasteiger charge is -2.25. The Labute approximate surface area is 77.9 Å². The van der Waals surface area contributed by atoms with Gasteiger partial charge in [0.2, 0.25) is 0 Å². The third-order valence-electron chi connectivity index (χ3n) is 2.71. The Hall–Kier alpha value is -0.0400. The standard InChI is InChI=1S/C11H25N/c1-5-9-12-11(8-4)10(6-2)7-3/h10-12H,5-9H2,1-4H3. The molecule has 0 bridgehead atoms. The maximum absolute atomic E-state index is 3.62. The highest BCUT2D eigenvalue weighted by Gasteiger charge is 2.14. The first-order valence-corrected chi connectivity index (χ1v) is 5.53. The summed E-state index contributed by atoms with van der Waals surface area (Å²) in [5.74, 6) is 0.876. The summed E-state index contributed by atoms with van der Waals surface area (Å²) in [5.41, 5.74) is 0. The fourth-order valence-electron chi connectivity index (χ4n) is 1.83. The lowest BCUT2D eigenvalue weighted by Crippen LogP contribution is -2.35. The monoisotopic (exact) mass is 171 g/mol. The third kappa shape index (κ3) is 4.10. The van der Waals surface area contributed by atoms with Gasteiger partial charge in [0.05, 0.1) is 0 Å². The lowest BCUT2D eigenvalue weighted by molar-refractivity contribution is 0.326. The van der Waals surface area contributed by atoms with Gasteiger partial charge in [-0.3, -0.25) is 0 Å². The minimum absolute atomic E-state index is 0.750. The van der Waals surface area contributed by atoms with Crippen molar-refractivity contribution in [3.05, 3.63) is 0 Å². The summed E-state index contributed by atoms with van der Waals surface area (Å²) in [5, 5.41) is 3.62. The first kappa shape index (κ1) is 12.0. The Bertz CT molecular complexity index is 87.0. The van der Waals surface area contributed by atoms with Crippen LogP contribution in [0.3, 0.4) is 0 Å². The van der Waals surface area contributed by atoms with Crippen molar-refractivity contribution in [2.75, 3.05) is 6.54 Å². The van der Waals surface area contributed by atoms with Gasteiger partial charge in [0.1, 0.15) is 0 Å². The molecular weight excluding hydrogens is 146 g/mol. The molecule has 1 N–H and O–H groups in total. The van der Waals surface area contributed by atoms with Crippen LogP contribution in [-0.4, -0.2) is 12.6 Å². The molecule has 0 spiro atoms. The van der Waals surface area contributed by atoms with Crippen molar-refractivity contribution in [3.8, 4) is 0 Å². The molecule has 0 amide bonds. The van der Waals surface area contributed by atoms with Crippen LogP contribution in [0.4, 0.5) is 0 Å². The summed E-state index contributed by atoms with van der Waals surface area (Å²) in [6.07, 6.45) is 5.14. The molecule has 0 saturated carbocycles. The zero-order valence-corrected chi connectivity index (χ0v) is 9.19. The molecule has 12 heavy (non-hydrogen) atoms. The Morgan fingerprint density at radius 3 is 1.83 bits per heavy atom. The van der Waals surface area contributed by atoms with Gasteiger partial charge >= 0.3 is 0 Å². The second kappa shape index (κ2) is 7.60. The van der Waals surface area contributed by atoms with Crippen LogP contribution in [0.2, 0.25) is 0 Å². The SMILES string of the molecule is CCCNC(CC)C(CC)CC. The highest BCUT2D eigenvalue weighted by molar-refractivity contribution is 4.72. The van der Waals surface area contributed by atoms with E-state index in [1.807, 2.05) is 0 Å². The van der Waals surface area contributed by atoms with Crippen LogP contribution in [0, 0.1) is 5.92 Å². The number of rotatable bonds is 7. The van der Waals surface area contributed by atoms with E-state index >= 15 is 0 Å². The van der Waals surface area contributed by atoms with Crippen LogP contribution in [0.1, 0.15) is 53.4 Å². The van der Waals surface area contributed by atoms with Crippen LogP contribution in [0.15, 0.2) is 0 Å². The van der Waals surface area contributed by atoms with Gasteiger partial charge in [-0.05, 0) is 25.3 Å². The molecule has 0 fully saturated rings. The molecule has 0 aromatic carbocycles.